The van der Waals surface area contributed by atoms with E-state index in [9.17, 15) is 32.4 Å². The number of rotatable bonds is 15. The van der Waals surface area contributed by atoms with E-state index in [2.05, 4.69) is 13.8 Å². The van der Waals surface area contributed by atoms with E-state index in [0.717, 1.165) is 12.8 Å². The van der Waals surface area contributed by atoms with Crippen LogP contribution in [0.4, 0.5) is 0 Å². The zero-order valence-corrected chi connectivity index (χ0v) is 29.4. The Hall–Kier alpha value is -2.10. The summed E-state index contributed by atoms with van der Waals surface area (Å²) >= 11 is 0. The first-order chi connectivity index (χ1) is 19.9. The maximum absolute atomic E-state index is 14.3. The van der Waals surface area contributed by atoms with E-state index >= 15 is 0 Å². The van der Waals surface area contributed by atoms with Gasteiger partial charge in [-0.05, 0) is 67.6 Å². The fourth-order valence-corrected chi connectivity index (χ4v) is 8.64. The lowest BCUT2D eigenvalue weighted by molar-refractivity contribution is -0.148. The number of Topliss-reactive ketones (excluding diaryl/α,β-unsaturated/α-hetero) is 3. The summed E-state index contributed by atoms with van der Waals surface area (Å²) in [5.74, 6) is -3.98. The fourth-order valence-electron chi connectivity index (χ4n) is 7.07. The number of carbonyl (C=O) groups is 5. The topological polar surface area (TPSA) is 149 Å². The van der Waals surface area contributed by atoms with Crippen LogP contribution in [0.5, 0.6) is 0 Å². The Morgan fingerprint density at radius 3 is 1.95 bits per heavy atom. The largest absolute Gasteiger partial charge is 0.363 e. The molecule has 6 atom stereocenters. The highest BCUT2D eigenvalue weighted by Gasteiger charge is 2.69. The summed E-state index contributed by atoms with van der Waals surface area (Å²) in [6.45, 7) is 19.1. The molecule has 1 aliphatic heterocycles. The number of piperidine rings is 1. The number of nitrogens with zero attached hydrogens (tertiary/aromatic N) is 1. The maximum atomic E-state index is 14.3. The van der Waals surface area contributed by atoms with Gasteiger partial charge in [-0.15, -0.1) is 0 Å². The van der Waals surface area contributed by atoms with Gasteiger partial charge in [-0.1, -0.05) is 61.3 Å². The number of sulfone groups is 1. The van der Waals surface area contributed by atoms with Crippen LogP contribution in [0.25, 0.3) is 0 Å². The Kier molecular flexibility index (Phi) is 10.4. The molecule has 1 heterocycles. The first-order valence-electron chi connectivity index (χ1n) is 16.3. The number of nitrogens with two attached hydrogens (primary N) is 1. The first kappa shape index (κ1) is 36.4. The van der Waals surface area contributed by atoms with Gasteiger partial charge in [-0.2, -0.15) is 0 Å². The van der Waals surface area contributed by atoms with Crippen molar-refractivity contribution in [3.05, 3.63) is 0 Å². The number of ketones is 3. The molecule has 0 aromatic heterocycles. The number of hydrogen-bond acceptors (Lipinski definition) is 7. The molecule has 9 nitrogen and oxygen atoms in total. The standard InChI is InChI=1S/C34H56N2O7S/c1-19(2)22(18-44(42,43)33(6,7)8)14-23(37)16-24(32(3,4)5)31(41)36-17-25-27(34(25,9)10)28(36)26(38)15-21(13-20-11-12-20)29(39)30(35)40/h19-22,24-25,27-28H,11-18H2,1-10H3,(H2,35,40)/t21?,22-,24-,25+,27+,28-/m1/s1. The number of likely N-dealkylation sites (tertiary alicyclic amines) is 1. The van der Waals surface area contributed by atoms with Crippen molar-refractivity contribution in [2.45, 2.75) is 119 Å². The van der Waals surface area contributed by atoms with Crippen LogP contribution in [0, 0.1) is 52.3 Å². The zero-order valence-electron chi connectivity index (χ0n) is 28.6. The molecule has 2 saturated carbocycles. The van der Waals surface area contributed by atoms with Crippen LogP contribution >= 0.6 is 0 Å². The van der Waals surface area contributed by atoms with Gasteiger partial charge in [0.15, 0.2) is 15.6 Å². The van der Waals surface area contributed by atoms with Gasteiger partial charge in [0.25, 0.3) is 5.91 Å². The van der Waals surface area contributed by atoms with Crippen molar-refractivity contribution in [2.75, 3.05) is 12.3 Å². The van der Waals surface area contributed by atoms with Gasteiger partial charge in [0.05, 0.1) is 16.5 Å². The van der Waals surface area contributed by atoms with Crippen LogP contribution < -0.4 is 5.73 Å². The third-order valence-electron chi connectivity index (χ3n) is 10.8. The molecule has 2 amide bonds. The quantitative estimate of drug-likeness (QED) is 0.262. The van der Waals surface area contributed by atoms with Crippen molar-refractivity contribution in [3.8, 4) is 0 Å². The van der Waals surface area contributed by atoms with E-state index < -0.39 is 49.6 Å². The van der Waals surface area contributed by atoms with Crippen LogP contribution in [0.2, 0.25) is 0 Å². The lowest BCUT2D eigenvalue weighted by Crippen LogP contribution is -2.51. The number of fused-ring (bicyclic) bond motifs is 1. The summed E-state index contributed by atoms with van der Waals surface area (Å²) in [5.41, 5.74) is 4.60. The highest BCUT2D eigenvalue weighted by Crippen LogP contribution is 2.65. The number of primary amides is 1. The van der Waals surface area contributed by atoms with Crippen LogP contribution in [0.15, 0.2) is 0 Å². The van der Waals surface area contributed by atoms with Crippen molar-refractivity contribution in [1.29, 1.82) is 0 Å². The van der Waals surface area contributed by atoms with E-state index in [1.807, 2.05) is 34.6 Å². The lowest BCUT2D eigenvalue weighted by atomic mass is 9.75. The number of amides is 2. The van der Waals surface area contributed by atoms with Crippen molar-refractivity contribution < 1.29 is 32.4 Å². The molecule has 44 heavy (non-hydrogen) atoms. The molecule has 0 aromatic carbocycles. The molecule has 2 N–H and O–H groups in total. The average molecular weight is 637 g/mol. The molecule has 3 fully saturated rings. The molecule has 250 valence electrons. The third-order valence-corrected chi connectivity index (χ3v) is 13.5. The second-order valence-corrected chi connectivity index (χ2v) is 19.7. The van der Waals surface area contributed by atoms with Crippen LogP contribution in [-0.2, 0) is 33.8 Å². The van der Waals surface area contributed by atoms with E-state index in [-0.39, 0.29) is 71.6 Å². The van der Waals surface area contributed by atoms with Crippen LogP contribution in [0.3, 0.4) is 0 Å². The molecule has 0 aromatic rings. The number of hydrogen-bond donors (Lipinski definition) is 1. The maximum Gasteiger partial charge on any atom is 0.285 e. The van der Waals surface area contributed by atoms with Gasteiger partial charge in [-0.25, -0.2) is 8.42 Å². The SMILES string of the molecule is CC(C)[C@H](CC(=O)C[C@H](C(=O)N1C[C@H]2[C@@H]([C@H]1C(=O)CC(CC1CC1)C(=O)C(N)=O)C2(C)C)C(C)(C)C)CS(=O)(=O)C(C)(C)C. The third kappa shape index (κ3) is 8.00. The number of carbonyl (C=O) groups excluding carboxylic acids is 5. The Morgan fingerprint density at radius 1 is 0.932 bits per heavy atom. The molecular formula is C34H56N2O7S. The van der Waals surface area contributed by atoms with Crippen molar-refractivity contribution in [2.24, 2.45) is 58.0 Å². The van der Waals surface area contributed by atoms with Gasteiger partial charge < -0.3 is 10.6 Å². The second kappa shape index (κ2) is 12.6. The van der Waals surface area contributed by atoms with Crippen molar-refractivity contribution in [3.63, 3.8) is 0 Å². The summed E-state index contributed by atoms with van der Waals surface area (Å²) in [4.78, 5) is 67.8. The predicted octanol–water partition coefficient (Wildman–Crippen LogP) is 4.40. The minimum atomic E-state index is -3.45. The van der Waals surface area contributed by atoms with Gasteiger partial charge >= 0.3 is 0 Å². The molecule has 3 aliphatic rings. The molecule has 10 heteroatoms. The summed E-state index contributed by atoms with van der Waals surface area (Å²) < 4.78 is 25.0. The highest BCUT2D eigenvalue weighted by molar-refractivity contribution is 7.92. The Bertz CT molecular complexity index is 1270. The van der Waals surface area contributed by atoms with Gasteiger partial charge in [0.2, 0.25) is 11.7 Å². The molecule has 0 spiro atoms. The highest BCUT2D eigenvalue weighted by atomic mass is 32.2. The van der Waals surface area contributed by atoms with Crippen molar-refractivity contribution >= 4 is 39.0 Å². The molecule has 2 aliphatic carbocycles. The summed E-state index contributed by atoms with van der Waals surface area (Å²) in [5, 5.41) is 0. The van der Waals surface area contributed by atoms with Gasteiger partial charge in [0.1, 0.15) is 5.78 Å². The minimum absolute atomic E-state index is 0.0400. The predicted molar refractivity (Wildman–Crippen MR) is 170 cm³/mol. The molecule has 1 unspecified atom stereocenters. The first-order valence-corrected chi connectivity index (χ1v) is 18.0. The second-order valence-electron chi connectivity index (χ2n) is 16.9. The molecule has 1 saturated heterocycles. The monoisotopic (exact) mass is 636 g/mol. The van der Waals surface area contributed by atoms with E-state index in [0.29, 0.717) is 18.9 Å². The Morgan fingerprint density at radius 2 is 1.50 bits per heavy atom. The Balaban J connectivity index is 1.82. The van der Waals surface area contributed by atoms with E-state index in [1.165, 1.54) is 0 Å². The minimum Gasteiger partial charge on any atom is -0.363 e. The van der Waals surface area contributed by atoms with Gasteiger partial charge in [0, 0.05) is 37.6 Å². The van der Waals surface area contributed by atoms with Crippen LogP contribution in [-0.4, -0.2) is 65.6 Å². The molecule has 0 bridgehead atoms. The summed E-state index contributed by atoms with van der Waals surface area (Å²) in [6, 6.07) is -0.717. The van der Waals surface area contributed by atoms with Crippen LogP contribution in [0.1, 0.15) is 108 Å². The normalized spacial score (nSPS) is 25.2. The zero-order chi connectivity index (χ0) is 33.7. The lowest BCUT2D eigenvalue weighted by Gasteiger charge is -2.37. The summed E-state index contributed by atoms with van der Waals surface area (Å²) in [7, 11) is -3.45. The smallest absolute Gasteiger partial charge is 0.285 e. The molecule has 3 rings (SSSR count). The van der Waals surface area contributed by atoms with Crippen molar-refractivity contribution in [1.82, 2.24) is 4.90 Å². The molecular weight excluding hydrogens is 580 g/mol. The molecule has 0 radical (unpaired) electrons. The van der Waals surface area contributed by atoms with Gasteiger partial charge in [-0.3, -0.25) is 24.0 Å². The summed E-state index contributed by atoms with van der Waals surface area (Å²) in [6.07, 6.45) is 2.27. The van der Waals surface area contributed by atoms with E-state index in [4.69, 9.17) is 5.73 Å². The fraction of sp³-hybridized carbons (Fsp3) is 0.853. The van der Waals surface area contributed by atoms with E-state index in [1.54, 1.807) is 25.7 Å². The average Bonchev–Trinajstić information content (AvgIpc) is 3.71. The Labute approximate surface area is 264 Å².